The highest BCUT2D eigenvalue weighted by molar-refractivity contribution is 5.95. The van der Waals surface area contributed by atoms with Crippen LogP contribution in [0.5, 0.6) is 11.5 Å². The minimum absolute atomic E-state index is 0.0197. The largest absolute Gasteiger partial charge is 0.497 e. The fraction of sp³-hybridized carbons (Fsp3) is 0.318. The van der Waals surface area contributed by atoms with E-state index < -0.39 is 5.41 Å². The lowest BCUT2D eigenvalue weighted by molar-refractivity contribution is -0.125. The predicted octanol–water partition coefficient (Wildman–Crippen LogP) is 3.96. The lowest BCUT2D eigenvalue weighted by atomic mass is 9.82. The highest BCUT2D eigenvalue weighted by atomic mass is 16.5. The number of aromatic amines is 1. The Bertz CT molecular complexity index is 926. The number of nitrogens with one attached hydrogen (secondary N) is 2. The number of methoxy groups -OCH3 is 1. The van der Waals surface area contributed by atoms with Gasteiger partial charge in [0.25, 0.3) is 0 Å². The number of ether oxygens (including phenoxy) is 2. The Kier molecular flexibility index (Phi) is 5.40. The van der Waals surface area contributed by atoms with E-state index in [1.54, 1.807) is 7.11 Å². The maximum Gasteiger partial charge on any atom is 0.230 e. The van der Waals surface area contributed by atoms with Crippen LogP contribution in [0.1, 0.15) is 25.1 Å². The molecule has 3 rings (SSSR count). The van der Waals surface area contributed by atoms with Crippen LogP contribution in [0.25, 0.3) is 10.9 Å². The lowest BCUT2D eigenvalue weighted by Crippen LogP contribution is -2.42. The van der Waals surface area contributed by atoms with Crippen molar-refractivity contribution in [2.24, 2.45) is 0 Å². The molecule has 5 heteroatoms. The van der Waals surface area contributed by atoms with Crippen molar-refractivity contribution in [2.45, 2.75) is 26.2 Å². The van der Waals surface area contributed by atoms with Crippen molar-refractivity contribution in [3.63, 3.8) is 0 Å². The number of aromatic nitrogens is 1. The number of carbonyl (C=O) groups is 1. The molecule has 0 saturated carbocycles. The van der Waals surface area contributed by atoms with Crippen molar-refractivity contribution in [1.29, 1.82) is 0 Å². The first-order chi connectivity index (χ1) is 12.9. The molecule has 1 aromatic heterocycles. The van der Waals surface area contributed by atoms with E-state index in [4.69, 9.17) is 9.47 Å². The maximum absolute atomic E-state index is 12.9. The van der Waals surface area contributed by atoms with E-state index in [-0.39, 0.29) is 5.91 Å². The molecule has 0 bridgehead atoms. The molecule has 0 aliphatic carbocycles. The molecule has 0 saturated heterocycles. The first kappa shape index (κ1) is 18.8. The van der Waals surface area contributed by atoms with Gasteiger partial charge in [0, 0.05) is 16.6 Å². The van der Waals surface area contributed by atoms with Gasteiger partial charge in [0.1, 0.15) is 18.1 Å². The first-order valence-electron chi connectivity index (χ1n) is 9.06. The van der Waals surface area contributed by atoms with Crippen molar-refractivity contribution in [1.82, 2.24) is 10.3 Å². The van der Waals surface area contributed by atoms with E-state index >= 15 is 0 Å². The van der Waals surface area contributed by atoms with Crippen molar-refractivity contribution in [3.05, 3.63) is 59.8 Å². The zero-order valence-electron chi connectivity index (χ0n) is 16.3. The van der Waals surface area contributed by atoms with Gasteiger partial charge in [0.05, 0.1) is 19.1 Å². The fourth-order valence-corrected chi connectivity index (χ4v) is 3.42. The maximum atomic E-state index is 12.9. The molecule has 1 amide bonds. The van der Waals surface area contributed by atoms with E-state index in [1.807, 2.05) is 63.2 Å². The van der Waals surface area contributed by atoms with Crippen LogP contribution in [0.15, 0.2) is 48.5 Å². The summed E-state index contributed by atoms with van der Waals surface area (Å²) in [5.74, 6) is 1.51. The summed E-state index contributed by atoms with van der Waals surface area (Å²) >= 11 is 0. The Morgan fingerprint density at radius 2 is 1.74 bits per heavy atom. The summed E-state index contributed by atoms with van der Waals surface area (Å²) in [6, 6.07) is 15.5. The third-order valence-corrected chi connectivity index (χ3v) is 4.80. The number of hydrogen-bond acceptors (Lipinski definition) is 3. The number of benzene rings is 2. The SMILES string of the molecule is COc1ccc(OCCNC(=O)C(C)(C)c2c(C)[nH]c3ccccc23)cc1. The van der Waals surface area contributed by atoms with E-state index in [9.17, 15) is 4.79 Å². The molecule has 5 nitrogen and oxygen atoms in total. The molecule has 142 valence electrons. The summed E-state index contributed by atoms with van der Waals surface area (Å²) in [6.45, 7) is 6.76. The van der Waals surface area contributed by atoms with Crippen LogP contribution in [0.2, 0.25) is 0 Å². The predicted molar refractivity (Wildman–Crippen MR) is 108 cm³/mol. The first-order valence-corrected chi connectivity index (χ1v) is 9.06. The normalized spacial score (nSPS) is 11.4. The highest BCUT2D eigenvalue weighted by Gasteiger charge is 2.33. The number of para-hydroxylation sites is 1. The van der Waals surface area contributed by atoms with Gasteiger partial charge in [-0.05, 0) is 56.7 Å². The van der Waals surface area contributed by atoms with Gasteiger partial charge in [-0.15, -0.1) is 0 Å². The second kappa shape index (κ2) is 7.74. The molecule has 1 heterocycles. The second-order valence-electron chi connectivity index (χ2n) is 7.08. The molecular weight excluding hydrogens is 340 g/mol. The number of rotatable bonds is 7. The third-order valence-electron chi connectivity index (χ3n) is 4.80. The molecule has 0 aliphatic rings. The van der Waals surface area contributed by atoms with Crippen LogP contribution >= 0.6 is 0 Å². The Hall–Kier alpha value is -2.95. The Morgan fingerprint density at radius 1 is 1.07 bits per heavy atom. The van der Waals surface area contributed by atoms with Crippen LogP contribution in [-0.2, 0) is 10.2 Å². The van der Waals surface area contributed by atoms with E-state index in [1.165, 1.54) is 0 Å². The number of hydrogen-bond donors (Lipinski definition) is 2. The van der Waals surface area contributed by atoms with Crippen LogP contribution in [0, 0.1) is 6.92 Å². The average Bonchev–Trinajstić information content (AvgIpc) is 3.01. The van der Waals surface area contributed by atoms with Gasteiger partial charge in [-0.25, -0.2) is 0 Å². The van der Waals surface area contributed by atoms with Crippen LogP contribution in [0.3, 0.4) is 0 Å². The number of H-pyrrole nitrogens is 1. The van der Waals surface area contributed by atoms with Crippen molar-refractivity contribution in [3.8, 4) is 11.5 Å². The number of fused-ring (bicyclic) bond motifs is 1. The van der Waals surface area contributed by atoms with Gasteiger partial charge < -0.3 is 19.8 Å². The van der Waals surface area contributed by atoms with Crippen molar-refractivity contribution in [2.75, 3.05) is 20.3 Å². The summed E-state index contributed by atoms with van der Waals surface area (Å²) in [5.41, 5.74) is 2.45. The molecule has 27 heavy (non-hydrogen) atoms. The highest BCUT2D eigenvalue weighted by Crippen LogP contribution is 2.33. The molecule has 0 radical (unpaired) electrons. The molecule has 0 aliphatic heterocycles. The summed E-state index contributed by atoms with van der Waals surface area (Å²) in [4.78, 5) is 16.2. The molecule has 0 unspecified atom stereocenters. The smallest absolute Gasteiger partial charge is 0.230 e. The zero-order chi connectivity index (χ0) is 19.4. The number of carbonyl (C=O) groups excluding carboxylic acids is 1. The van der Waals surface area contributed by atoms with Gasteiger partial charge in [0.2, 0.25) is 5.91 Å². The van der Waals surface area contributed by atoms with Gasteiger partial charge in [-0.1, -0.05) is 18.2 Å². The summed E-state index contributed by atoms with van der Waals surface area (Å²) in [6.07, 6.45) is 0. The van der Waals surface area contributed by atoms with Gasteiger partial charge >= 0.3 is 0 Å². The summed E-state index contributed by atoms with van der Waals surface area (Å²) < 4.78 is 10.8. The molecule has 0 spiro atoms. The minimum atomic E-state index is -0.649. The topological polar surface area (TPSA) is 63.4 Å². The zero-order valence-corrected chi connectivity index (χ0v) is 16.3. The van der Waals surface area contributed by atoms with Crippen LogP contribution < -0.4 is 14.8 Å². The second-order valence-corrected chi connectivity index (χ2v) is 7.08. The van der Waals surface area contributed by atoms with Crippen LogP contribution in [0.4, 0.5) is 0 Å². The number of amides is 1. The molecule has 3 aromatic rings. The third kappa shape index (κ3) is 3.92. The lowest BCUT2D eigenvalue weighted by Gasteiger charge is -2.24. The minimum Gasteiger partial charge on any atom is -0.497 e. The summed E-state index contributed by atoms with van der Waals surface area (Å²) in [7, 11) is 1.63. The molecule has 0 atom stereocenters. The standard InChI is InChI=1S/C22H26N2O3/c1-15-20(18-7-5-6-8-19(18)24-15)22(2,3)21(25)23-13-14-27-17-11-9-16(26-4)10-12-17/h5-12,24H,13-14H2,1-4H3,(H,23,25). The number of aryl methyl sites for hydroxylation is 1. The van der Waals surface area contributed by atoms with Gasteiger partial charge in [-0.3, -0.25) is 4.79 Å². The van der Waals surface area contributed by atoms with Crippen LogP contribution in [-0.4, -0.2) is 31.2 Å². The van der Waals surface area contributed by atoms with Crippen molar-refractivity contribution < 1.29 is 14.3 Å². The summed E-state index contributed by atoms with van der Waals surface area (Å²) in [5, 5.41) is 4.08. The quantitative estimate of drug-likeness (QED) is 0.622. The molecule has 0 fully saturated rings. The molecular formula is C22H26N2O3. The van der Waals surface area contributed by atoms with Gasteiger partial charge in [-0.2, -0.15) is 0 Å². The Labute approximate surface area is 159 Å². The van der Waals surface area contributed by atoms with E-state index in [0.29, 0.717) is 13.2 Å². The molecule has 2 aromatic carbocycles. The van der Waals surface area contributed by atoms with Crippen molar-refractivity contribution >= 4 is 16.8 Å². The van der Waals surface area contributed by atoms with Gasteiger partial charge in [0.15, 0.2) is 0 Å². The monoisotopic (exact) mass is 366 g/mol. The van der Waals surface area contributed by atoms with E-state index in [0.717, 1.165) is 33.7 Å². The van der Waals surface area contributed by atoms with E-state index in [2.05, 4.69) is 16.4 Å². The Balaban J connectivity index is 1.61. The molecule has 2 N–H and O–H groups in total. The Morgan fingerprint density at radius 3 is 2.44 bits per heavy atom. The average molecular weight is 366 g/mol. The fourth-order valence-electron chi connectivity index (χ4n) is 3.42.